The van der Waals surface area contributed by atoms with Gasteiger partial charge in [0.25, 0.3) is 0 Å². The first kappa shape index (κ1) is 12.0. The maximum Gasteiger partial charge on any atom is 0.322 e. The van der Waals surface area contributed by atoms with Crippen LogP contribution in [0.1, 0.15) is 32.1 Å². The van der Waals surface area contributed by atoms with Gasteiger partial charge in [0.2, 0.25) is 11.8 Å². The number of hydrogen-bond acceptors (Lipinski definition) is 5. The smallest absolute Gasteiger partial charge is 0.322 e. The van der Waals surface area contributed by atoms with Crippen LogP contribution in [0.5, 0.6) is 0 Å². The maximum absolute atomic E-state index is 11.7. The summed E-state index contributed by atoms with van der Waals surface area (Å²) in [6.45, 7) is 4.33. The van der Waals surface area contributed by atoms with E-state index in [2.05, 4.69) is 20.4 Å². The number of hydrogen-bond donors (Lipinski definition) is 1. The van der Waals surface area contributed by atoms with Crippen LogP contribution in [0.4, 0.5) is 6.01 Å². The van der Waals surface area contributed by atoms with Gasteiger partial charge in [-0.3, -0.25) is 15.0 Å². The Balaban J connectivity index is 1.79. The van der Waals surface area contributed by atoms with Crippen molar-refractivity contribution in [3.63, 3.8) is 0 Å². The lowest BCUT2D eigenvalue weighted by atomic mass is 10.1. The van der Waals surface area contributed by atoms with E-state index in [1.165, 1.54) is 19.3 Å². The molecule has 0 unspecified atom stereocenters. The van der Waals surface area contributed by atoms with Gasteiger partial charge in [-0.05, 0) is 25.9 Å². The molecular formula is C11H18N4O2. The first-order chi connectivity index (χ1) is 8.28. The Hall–Kier alpha value is -1.43. The molecule has 2 heterocycles. The van der Waals surface area contributed by atoms with E-state index < -0.39 is 0 Å². The highest BCUT2D eigenvalue weighted by Crippen LogP contribution is 2.09. The van der Waals surface area contributed by atoms with Crippen LogP contribution >= 0.6 is 0 Å². The van der Waals surface area contributed by atoms with Crippen molar-refractivity contribution in [2.45, 2.75) is 32.6 Å². The molecule has 1 amide bonds. The summed E-state index contributed by atoms with van der Waals surface area (Å²) in [5.41, 5.74) is 0. The third kappa shape index (κ3) is 3.52. The third-order valence-corrected chi connectivity index (χ3v) is 2.83. The van der Waals surface area contributed by atoms with Gasteiger partial charge in [-0.25, -0.2) is 0 Å². The highest BCUT2D eigenvalue weighted by atomic mass is 16.4. The fraction of sp³-hybridized carbons (Fsp3) is 0.727. The molecule has 0 spiro atoms. The van der Waals surface area contributed by atoms with E-state index in [9.17, 15) is 4.79 Å². The molecule has 1 aliphatic rings. The lowest BCUT2D eigenvalue weighted by molar-refractivity contribution is -0.117. The van der Waals surface area contributed by atoms with Crippen LogP contribution in [0.25, 0.3) is 0 Å². The van der Waals surface area contributed by atoms with Crippen molar-refractivity contribution in [2.24, 2.45) is 0 Å². The molecule has 1 N–H and O–H groups in total. The molecule has 0 aromatic carbocycles. The molecule has 1 aromatic heterocycles. The van der Waals surface area contributed by atoms with Crippen molar-refractivity contribution in [3.05, 3.63) is 5.89 Å². The summed E-state index contributed by atoms with van der Waals surface area (Å²) < 4.78 is 5.22. The van der Waals surface area contributed by atoms with Gasteiger partial charge < -0.3 is 4.42 Å². The van der Waals surface area contributed by atoms with Crippen LogP contribution in [0.2, 0.25) is 0 Å². The number of carbonyl (C=O) groups excluding carboxylic acids is 1. The van der Waals surface area contributed by atoms with Crippen molar-refractivity contribution < 1.29 is 9.21 Å². The van der Waals surface area contributed by atoms with E-state index in [1.807, 2.05) is 6.92 Å². The zero-order valence-corrected chi connectivity index (χ0v) is 10.1. The molecule has 1 aliphatic heterocycles. The molecule has 6 nitrogen and oxygen atoms in total. The van der Waals surface area contributed by atoms with Crippen molar-refractivity contribution in [3.8, 4) is 0 Å². The minimum absolute atomic E-state index is 0.0850. The monoisotopic (exact) mass is 238 g/mol. The van der Waals surface area contributed by atoms with Gasteiger partial charge in [0.05, 0.1) is 6.54 Å². The fourth-order valence-electron chi connectivity index (χ4n) is 1.93. The molecule has 17 heavy (non-hydrogen) atoms. The quantitative estimate of drug-likeness (QED) is 0.849. The highest BCUT2D eigenvalue weighted by Gasteiger charge is 2.15. The summed E-state index contributed by atoms with van der Waals surface area (Å²) in [5, 5.41) is 10.2. The number of aromatic nitrogens is 2. The molecule has 0 saturated carbocycles. The van der Waals surface area contributed by atoms with E-state index in [4.69, 9.17) is 4.42 Å². The predicted octanol–water partition coefficient (Wildman–Crippen LogP) is 1.06. The van der Waals surface area contributed by atoms with Crippen molar-refractivity contribution in [1.82, 2.24) is 15.1 Å². The predicted molar refractivity (Wildman–Crippen MR) is 62.6 cm³/mol. The second kappa shape index (κ2) is 5.77. The van der Waals surface area contributed by atoms with Crippen LogP contribution in [-0.2, 0) is 11.2 Å². The standard InChI is InChI=1S/C11H18N4O2/c1-2-10-13-14-11(17-10)12-9(16)8-15-6-4-3-5-7-15/h2-8H2,1H3,(H,12,14,16). The van der Waals surface area contributed by atoms with Gasteiger partial charge in [0.15, 0.2) is 0 Å². The number of nitrogens with zero attached hydrogens (tertiary/aromatic N) is 3. The van der Waals surface area contributed by atoms with E-state index in [0.717, 1.165) is 13.1 Å². The number of piperidine rings is 1. The summed E-state index contributed by atoms with van der Waals surface area (Å²) in [4.78, 5) is 13.8. The Morgan fingerprint density at radius 1 is 1.35 bits per heavy atom. The summed E-state index contributed by atoms with van der Waals surface area (Å²) in [6.07, 6.45) is 4.29. The van der Waals surface area contributed by atoms with Gasteiger partial charge in [0, 0.05) is 6.42 Å². The molecule has 1 saturated heterocycles. The first-order valence-corrected chi connectivity index (χ1v) is 6.12. The van der Waals surface area contributed by atoms with Crippen LogP contribution in [0.15, 0.2) is 4.42 Å². The largest absolute Gasteiger partial charge is 0.408 e. The number of amides is 1. The summed E-state index contributed by atoms with van der Waals surface area (Å²) in [6, 6.07) is 0.198. The minimum Gasteiger partial charge on any atom is -0.408 e. The molecular weight excluding hydrogens is 220 g/mol. The van der Waals surface area contributed by atoms with Crippen molar-refractivity contribution in [1.29, 1.82) is 0 Å². The Kier molecular flexibility index (Phi) is 4.08. The van der Waals surface area contributed by atoms with E-state index in [-0.39, 0.29) is 11.9 Å². The Labute approximate surface area is 100 Å². The molecule has 0 radical (unpaired) electrons. The minimum atomic E-state index is -0.0850. The summed E-state index contributed by atoms with van der Waals surface area (Å²) in [5.74, 6) is 0.455. The maximum atomic E-state index is 11.7. The van der Waals surface area contributed by atoms with E-state index in [1.54, 1.807) is 0 Å². The second-order valence-corrected chi connectivity index (χ2v) is 4.24. The average Bonchev–Trinajstić information content (AvgIpc) is 2.78. The van der Waals surface area contributed by atoms with Crippen LogP contribution in [-0.4, -0.2) is 40.6 Å². The molecule has 2 rings (SSSR count). The van der Waals surface area contributed by atoms with E-state index in [0.29, 0.717) is 18.9 Å². The number of aryl methyl sites for hydroxylation is 1. The molecule has 0 atom stereocenters. The van der Waals surface area contributed by atoms with Crippen molar-refractivity contribution >= 4 is 11.9 Å². The Morgan fingerprint density at radius 3 is 2.76 bits per heavy atom. The van der Waals surface area contributed by atoms with Gasteiger partial charge in [-0.1, -0.05) is 18.4 Å². The number of anilines is 1. The van der Waals surface area contributed by atoms with Gasteiger partial charge in [-0.15, -0.1) is 5.10 Å². The van der Waals surface area contributed by atoms with Crippen LogP contribution in [0, 0.1) is 0 Å². The Morgan fingerprint density at radius 2 is 2.12 bits per heavy atom. The van der Waals surface area contributed by atoms with E-state index >= 15 is 0 Å². The zero-order chi connectivity index (χ0) is 12.1. The van der Waals surface area contributed by atoms with Gasteiger partial charge in [-0.2, -0.15) is 0 Å². The van der Waals surface area contributed by atoms with Gasteiger partial charge in [0.1, 0.15) is 0 Å². The average molecular weight is 238 g/mol. The number of rotatable bonds is 4. The van der Waals surface area contributed by atoms with Crippen LogP contribution in [0.3, 0.4) is 0 Å². The Bertz CT molecular complexity index is 371. The first-order valence-electron chi connectivity index (χ1n) is 6.12. The second-order valence-electron chi connectivity index (χ2n) is 4.24. The molecule has 0 bridgehead atoms. The number of nitrogens with one attached hydrogen (secondary N) is 1. The molecule has 6 heteroatoms. The fourth-order valence-corrected chi connectivity index (χ4v) is 1.93. The third-order valence-electron chi connectivity index (χ3n) is 2.83. The van der Waals surface area contributed by atoms with Crippen LogP contribution < -0.4 is 5.32 Å². The molecule has 1 fully saturated rings. The van der Waals surface area contributed by atoms with Crippen molar-refractivity contribution in [2.75, 3.05) is 25.0 Å². The normalized spacial score (nSPS) is 17.0. The molecule has 1 aromatic rings. The summed E-state index contributed by atoms with van der Waals surface area (Å²) >= 11 is 0. The molecule has 0 aliphatic carbocycles. The topological polar surface area (TPSA) is 71.3 Å². The molecule has 94 valence electrons. The summed E-state index contributed by atoms with van der Waals surface area (Å²) in [7, 11) is 0. The SMILES string of the molecule is CCc1nnc(NC(=O)CN2CCCCC2)o1. The lowest BCUT2D eigenvalue weighted by Gasteiger charge is -2.25. The number of carbonyl (C=O) groups is 1. The highest BCUT2D eigenvalue weighted by molar-refractivity contribution is 5.90. The number of likely N-dealkylation sites (tertiary alicyclic amines) is 1. The van der Waals surface area contributed by atoms with Gasteiger partial charge >= 0.3 is 6.01 Å². The zero-order valence-electron chi connectivity index (χ0n) is 10.1. The lowest BCUT2D eigenvalue weighted by Crippen LogP contribution is -2.36.